The maximum Gasteiger partial charge on any atom is 0.326 e. The van der Waals surface area contributed by atoms with Crippen LogP contribution in [-0.4, -0.2) is 18.3 Å². The van der Waals surface area contributed by atoms with Gasteiger partial charge in [-0.2, -0.15) is 0 Å². The molecule has 1 saturated heterocycles. The molecule has 0 unspecified atom stereocenters. The number of nitrogens with one attached hydrogen (secondary N) is 2. The predicted molar refractivity (Wildman–Crippen MR) is 68.8 cm³/mol. The van der Waals surface area contributed by atoms with Gasteiger partial charge in [0, 0.05) is 5.02 Å². The monoisotopic (exact) mass is 249 g/mol. The Bertz CT molecular complexity index is 493. The van der Waals surface area contributed by atoms with E-state index in [1.807, 2.05) is 6.92 Å². The number of nitrogens with zero attached hydrogens (tertiary/aromatic N) is 1. The summed E-state index contributed by atoms with van der Waals surface area (Å²) < 4.78 is 0. The van der Waals surface area contributed by atoms with Crippen LogP contribution in [0.4, 0.5) is 10.5 Å². The van der Waals surface area contributed by atoms with Crippen molar-refractivity contribution < 1.29 is 4.79 Å². The highest BCUT2D eigenvalue weighted by Gasteiger charge is 2.27. The minimum absolute atomic E-state index is 0.226. The maximum atomic E-state index is 11.8. The first-order chi connectivity index (χ1) is 8.13. The lowest BCUT2D eigenvalue weighted by atomic mass is 10.1. The van der Waals surface area contributed by atoms with Gasteiger partial charge in [-0.25, -0.2) is 4.79 Å². The standard InChI is InChI=1S/C12H12ClN3O/c1-2-11-10(14)7-15-12(17)16(11)9-5-3-8(13)4-6-9/h2-6,14H,7H2,1H3,(H,15,17). The number of benzene rings is 1. The molecule has 5 heteroatoms. The normalized spacial score (nSPS) is 18.5. The summed E-state index contributed by atoms with van der Waals surface area (Å²) in [5, 5.41) is 11.1. The van der Waals surface area contributed by atoms with Gasteiger partial charge in [0.05, 0.1) is 23.6 Å². The predicted octanol–water partition coefficient (Wildman–Crippen LogP) is 2.79. The van der Waals surface area contributed by atoms with Crippen LogP contribution in [0.15, 0.2) is 36.0 Å². The van der Waals surface area contributed by atoms with Crippen LogP contribution in [0.25, 0.3) is 0 Å². The number of carbonyl (C=O) groups excluding carboxylic acids is 1. The van der Waals surface area contributed by atoms with Gasteiger partial charge in [-0.1, -0.05) is 17.7 Å². The number of halogens is 1. The molecule has 1 aliphatic rings. The first-order valence-corrected chi connectivity index (χ1v) is 5.59. The summed E-state index contributed by atoms with van der Waals surface area (Å²) in [4.78, 5) is 13.3. The fourth-order valence-electron chi connectivity index (χ4n) is 1.73. The van der Waals surface area contributed by atoms with Crippen molar-refractivity contribution in [1.29, 1.82) is 5.41 Å². The SMILES string of the molecule is CC=C1C(=N)CNC(=O)N1c1ccc(Cl)cc1. The highest BCUT2D eigenvalue weighted by Crippen LogP contribution is 2.24. The molecule has 1 aromatic rings. The zero-order chi connectivity index (χ0) is 12.4. The van der Waals surface area contributed by atoms with Crippen molar-refractivity contribution in [2.45, 2.75) is 6.92 Å². The van der Waals surface area contributed by atoms with Crippen LogP contribution in [-0.2, 0) is 0 Å². The molecule has 0 aliphatic carbocycles. The van der Waals surface area contributed by atoms with Crippen LogP contribution in [0.5, 0.6) is 0 Å². The first-order valence-electron chi connectivity index (χ1n) is 5.21. The Morgan fingerprint density at radius 3 is 2.65 bits per heavy atom. The molecule has 0 radical (unpaired) electrons. The molecule has 1 fully saturated rings. The van der Waals surface area contributed by atoms with Gasteiger partial charge in [0.15, 0.2) is 0 Å². The van der Waals surface area contributed by atoms with Gasteiger partial charge in [0.25, 0.3) is 0 Å². The van der Waals surface area contributed by atoms with Crippen molar-refractivity contribution in [2.75, 3.05) is 11.4 Å². The fraction of sp³-hybridized carbons (Fsp3) is 0.167. The van der Waals surface area contributed by atoms with Crippen molar-refractivity contribution in [3.8, 4) is 0 Å². The average molecular weight is 250 g/mol. The summed E-state index contributed by atoms with van der Waals surface area (Å²) in [5.74, 6) is 0. The van der Waals surface area contributed by atoms with E-state index in [9.17, 15) is 4.79 Å². The molecule has 0 bridgehead atoms. The van der Waals surface area contributed by atoms with Crippen LogP contribution in [0, 0.1) is 5.41 Å². The molecule has 1 aliphatic heterocycles. The molecule has 2 N–H and O–H groups in total. The number of hydrogen-bond acceptors (Lipinski definition) is 2. The summed E-state index contributed by atoms with van der Waals surface area (Å²) in [6.45, 7) is 2.08. The molecule has 17 heavy (non-hydrogen) atoms. The van der Waals surface area contributed by atoms with E-state index in [1.54, 1.807) is 30.3 Å². The molecule has 1 aromatic carbocycles. The lowest BCUT2D eigenvalue weighted by Gasteiger charge is -2.30. The van der Waals surface area contributed by atoms with Crippen molar-refractivity contribution in [3.05, 3.63) is 41.1 Å². The maximum absolute atomic E-state index is 11.8. The number of amides is 2. The second-order valence-corrected chi connectivity index (χ2v) is 4.06. The summed E-state index contributed by atoms with van der Waals surface area (Å²) in [5.41, 5.74) is 1.70. The molecular weight excluding hydrogens is 238 g/mol. The average Bonchev–Trinajstić information content (AvgIpc) is 2.33. The Morgan fingerprint density at radius 1 is 1.41 bits per heavy atom. The lowest BCUT2D eigenvalue weighted by Crippen LogP contribution is -2.49. The summed E-state index contributed by atoms with van der Waals surface area (Å²) >= 11 is 5.81. The summed E-state index contributed by atoms with van der Waals surface area (Å²) in [6, 6.07) is 6.72. The number of rotatable bonds is 1. The van der Waals surface area contributed by atoms with Gasteiger partial charge in [-0.05, 0) is 31.2 Å². The smallest absolute Gasteiger partial charge is 0.326 e. The number of anilines is 1. The van der Waals surface area contributed by atoms with E-state index in [1.165, 1.54) is 4.90 Å². The summed E-state index contributed by atoms with van der Waals surface area (Å²) in [7, 11) is 0. The molecule has 2 amide bonds. The number of carbonyl (C=O) groups is 1. The van der Waals surface area contributed by atoms with E-state index in [2.05, 4.69) is 5.32 Å². The summed E-state index contributed by atoms with van der Waals surface area (Å²) in [6.07, 6.45) is 1.76. The zero-order valence-electron chi connectivity index (χ0n) is 9.33. The van der Waals surface area contributed by atoms with Gasteiger partial charge in [-0.3, -0.25) is 4.90 Å². The van der Waals surface area contributed by atoms with Crippen molar-refractivity contribution in [2.24, 2.45) is 0 Å². The molecular formula is C12H12ClN3O. The van der Waals surface area contributed by atoms with Gasteiger partial charge in [0.1, 0.15) is 0 Å². The Labute approximate surface area is 104 Å². The Kier molecular flexibility index (Phi) is 3.15. The molecule has 1 heterocycles. The Hall–Kier alpha value is -1.81. The van der Waals surface area contributed by atoms with E-state index in [-0.39, 0.29) is 12.6 Å². The topological polar surface area (TPSA) is 56.2 Å². The van der Waals surface area contributed by atoms with E-state index >= 15 is 0 Å². The van der Waals surface area contributed by atoms with Gasteiger partial charge < -0.3 is 10.7 Å². The quantitative estimate of drug-likeness (QED) is 0.790. The Balaban J connectivity index is 2.43. The molecule has 4 nitrogen and oxygen atoms in total. The van der Waals surface area contributed by atoms with E-state index in [0.29, 0.717) is 22.1 Å². The van der Waals surface area contributed by atoms with Gasteiger partial charge >= 0.3 is 6.03 Å². The molecule has 2 rings (SSSR count). The first kappa shape index (κ1) is 11.7. The number of hydrogen-bond donors (Lipinski definition) is 2. The highest BCUT2D eigenvalue weighted by molar-refractivity contribution is 6.30. The molecule has 0 saturated carbocycles. The third-order valence-electron chi connectivity index (χ3n) is 2.53. The van der Waals surface area contributed by atoms with Gasteiger partial charge in [-0.15, -0.1) is 0 Å². The third-order valence-corrected chi connectivity index (χ3v) is 2.78. The third kappa shape index (κ3) is 2.17. The zero-order valence-corrected chi connectivity index (χ0v) is 10.1. The van der Waals surface area contributed by atoms with Crippen molar-refractivity contribution in [1.82, 2.24) is 5.32 Å². The van der Waals surface area contributed by atoms with Crippen molar-refractivity contribution >= 4 is 29.0 Å². The highest BCUT2D eigenvalue weighted by atomic mass is 35.5. The molecule has 88 valence electrons. The second kappa shape index (κ2) is 4.59. The van der Waals surface area contributed by atoms with Gasteiger partial charge in [0.2, 0.25) is 0 Å². The second-order valence-electron chi connectivity index (χ2n) is 3.62. The minimum atomic E-state index is -0.226. The minimum Gasteiger partial charge on any atom is -0.332 e. The lowest BCUT2D eigenvalue weighted by molar-refractivity contribution is 0.248. The molecule has 0 aromatic heterocycles. The largest absolute Gasteiger partial charge is 0.332 e. The van der Waals surface area contributed by atoms with Crippen molar-refractivity contribution in [3.63, 3.8) is 0 Å². The van der Waals surface area contributed by atoms with Crippen LogP contribution in [0.2, 0.25) is 5.02 Å². The molecule has 0 spiro atoms. The number of urea groups is 1. The van der Waals surface area contributed by atoms with E-state index in [0.717, 1.165) is 0 Å². The van der Waals surface area contributed by atoms with Crippen LogP contribution in [0.1, 0.15) is 6.92 Å². The molecule has 0 atom stereocenters. The van der Waals surface area contributed by atoms with Crippen LogP contribution in [0.3, 0.4) is 0 Å². The Morgan fingerprint density at radius 2 is 2.06 bits per heavy atom. The fourth-order valence-corrected chi connectivity index (χ4v) is 1.85. The van der Waals surface area contributed by atoms with E-state index in [4.69, 9.17) is 17.0 Å². The number of allylic oxidation sites excluding steroid dienone is 1. The van der Waals surface area contributed by atoms with E-state index < -0.39 is 0 Å². The van der Waals surface area contributed by atoms with Crippen LogP contribution < -0.4 is 10.2 Å². The van der Waals surface area contributed by atoms with Crippen LogP contribution >= 0.6 is 11.6 Å².